The smallest absolute Gasteiger partial charge is 0.271 e. The van der Waals surface area contributed by atoms with Crippen LogP contribution in [0.3, 0.4) is 0 Å². The molecule has 0 fully saturated rings. The Labute approximate surface area is 154 Å². The van der Waals surface area contributed by atoms with Crippen molar-refractivity contribution in [2.24, 2.45) is 0 Å². The van der Waals surface area contributed by atoms with Crippen molar-refractivity contribution < 1.29 is 19.2 Å². The number of nitrogens with one attached hydrogen (secondary N) is 2. The van der Waals surface area contributed by atoms with Crippen molar-refractivity contribution in [1.29, 1.82) is 0 Å². The Morgan fingerprint density at radius 3 is 2.19 bits per heavy atom. The number of benzene rings is 2. The van der Waals surface area contributed by atoms with Crippen LogP contribution in [0.4, 0.5) is 17.1 Å². The summed E-state index contributed by atoms with van der Waals surface area (Å²) in [6.07, 6.45) is -0.885. The molecule has 9 heteroatoms. The van der Waals surface area contributed by atoms with E-state index < -0.39 is 16.9 Å². The summed E-state index contributed by atoms with van der Waals surface area (Å²) in [5, 5.41) is 16.0. The molecule has 2 amide bonds. The largest absolute Gasteiger partial charge is 0.479 e. The second-order valence-corrected chi connectivity index (χ2v) is 5.79. The molecule has 2 aromatic rings. The quantitative estimate of drug-likeness (QED) is 0.590. The highest BCUT2D eigenvalue weighted by atomic mass is 35.5. The summed E-state index contributed by atoms with van der Waals surface area (Å²) >= 11 is 5.95. The van der Waals surface area contributed by atoms with Crippen molar-refractivity contribution >= 4 is 40.5 Å². The van der Waals surface area contributed by atoms with E-state index in [2.05, 4.69) is 10.6 Å². The fourth-order valence-corrected chi connectivity index (χ4v) is 2.25. The Hall–Kier alpha value is -3.13. The lowest BCUT2D eigenvalue weighted by Crippen LogP contribution is -2.30. The van der Waals surface area contributed by atoms with E-state index in [1.165, 1.54) is 26.0 Å². The minimum Gasteiger partial charge on any atom is -0.479 e. The SMILES string of the molecule is CC(=O)Nc1ccc(NC(=O)[C@@H](C)Oc2ccc([N+](=O)[O-])cc2Cl)cc1. The third-order valence-corrected chi connectivity index (χ3v) is 3.57. The van der Waals surface area contributed by atoms with E-state index >= 15 is 0 Å². The number of carbonyl (C=O) groups excluding carboxylic acids is 2. The van der Waals surface area contributed by atoms with Crippen LogP contribution in [0.25, 0.3) is 0 Å². The maximum atomic E-state index is 12.2. The zero-order valence-electron chi connectivity index (χ0n) is 14.0. The van der Waals surface area contributed by atoms with Crippen molar-refractivity contribution in [3.8, 4) is 5.75 Å². The summed E-state index contributed by atoms with van der Waals surface area (Å²) in [6.45, 7) is 2.93. The van der Waals surface area contributed by atoms with E-state index in [0.29, 0.717) is 11.4 Å². The number of rotatable bonds is 6. The average molecular weight is 378 g/mol. The van der Waals surface area contributed by atoms with Crippen LogP contribution in [0.15, 0.2) is 42.5 Å². The maximum absolute atomic E-state index is 12.2. The van der Waals surface area contributed by atoms with Crippen LogP contribution in [0.5, 0.6) is 5.75 Å². The summed E-state index contributed by atoms with van der Waals surface area (Å²) < 4.78 is 5.47. The van der Waals surface area contributed by atoms with Gasteiger partial charge in [-0.1, -0.05) is 11.6 Å². The molecular formula is C17H16ClN3O5. The summed E-state index contributed by atoms with van der Waals surface area (Å²) in [7, 11) is 0. The molecule has 0 bridgehead atoms. The predicted molar refractivity (Wildman–Crippen MR) is 97.6 cm³/mol. The van der Waals surface area contributed by atoms with Gasteiger partial charge in [-0.2, -0.15) is 0 Å². The number of nitro benzene ring substituents is 1. The number of nitro groups is 1. The number of halogens is 1. The van der Waals surface area contributed by atoms with Gasteiger partial charge in [-0.15, -0.1) is 0 Å². The van der Waals surface area contributed by atoms with E-state index in [-0.39, 0.29) is 22.4 Å². The molecule has 26 heavy (non-hydrogen) atoms. The number of ether oxygens (including phenoxy) is 1. The van der Waals surface area contributed by atoms with Gasteiger partial charge in [0.1, 0.15) is 5.75 Å². The molecule has 0 saturated heterocycles. The van der Waals surface area contributed by atoms with E-state index in [4.69, 9.17) is 16.3 Å². The van der Waals surface area contributed by atoms with Gasteiger partial charge in [0, 0.05) is 30.4 Å². The first-order valence-electron chi connectivity index (χ1n) is 7.55. The standard InChI is InChI=1S/C17H16ClN3O5/c1-10(26-16-8-7-14(21(24)25)9-15(16)18)17(23)20-13-5-3-12(4-6-13)19-11(2)22/h3-10H,1-2H3,(H,19,22)(H,20,23)/t10-/m1/s1. The topological polar surface area (TPSA) is 111 Å². The zero-order chi connectivity index (χ0) is 19.3. The summed E-state index contributed by atoms with van der Waals surface area (Å²) in [6, 6.07) is 10.3. The minimum atomic E-state index is -0.885. The van der Waals surface area contributed by atoms with Crippen LogP contribution in [0, 0.1) is 10.1 Å². The molecule has 1 atom stereocenters. The molecule has 2 rings (SSSR count). The van der Waals surface area contributed by atoms with Crippen LogP contribution in [0.1, 0.15) is 13.8 Å². The Morgan fingerprint density at radius 1 is 1.12 bits per heavy atom. The lowest BCUT2D eigenvalue weighted by atomic mass is 10.2. The van der Waals surface area contributed by atoms with Crippen molar-refractivity contribution in [2.45, 2.75) is 20.0 Å². The number of nitrogens with zero attached hydrogens (tertiary/aromatic N) is 1. The van der Waals surface area contributed by atoms with Crippen molar-refractivity contribution in [3.05, 3.63) is 57.6 Å². The molecule has 0 saturated carbocycles. The highest BCUT2D eigenvalue weighted by Gasteiger charge is 2.18. The first-order valence-corrected chi connectivity index (χ1v) is 7.93. The van der Waals surface area contributed by atoms with Crippen molar-refractivity contribution in [1.82, 2.24) is 0 Å². The first-order chi connectivity index (χ1) is 12.3. The first kappa shape index (κ1) is 19.2. The van der Waals surface area contributed by atoms with E-state index in [9.17, 15) is 19.7 Å². The molecule has 0 radical (unpaired) electrons. The molecule has 0 heterocycles. The van der Waals surface area contributed by atoms with Gasteiger partial charge in [0.05, 0.1) is 9.95 Å². The molecule has 0 aromatic heterocycles. The van der Waals surface area contributed by atoms with Gasteiger partial charge in [-0.3, -0.25) is 19.7 Å². The van der Waals surface area contributed by atoms with Gasteiger partial charge in [0.25, 0.3) is 11.6 Å². The lowest BCUT2D eigenvalue weighted by Gasteiger charge is -2.15. The molecule has 2 aromatic carbocycles. The molecule has 0 aliphatic carbocycles. The van der Waals surface area contributed by atoms with Gasteiger partial charge >= 0.3 is 0 Å². The van der Waals surface area contributed by atoms with Gasteiger partial charge in [0.15, 0.2) is 6.10 Å². The van der Waals surface area contributed by atoms with Crippen LogP contribution >= 0.6 is 11.6 Å². The number of hydrogen-bond acceptors (Lipinski definition) is 5. The van der Waals surface area contributed by atoms with Gasteiger partial charge < -0.3 is 15.4 Å². The second-order valence-electron chi connectivity index (χ2n) is 5.38. The Balaban J connectivity index is 1.99. The Bertz CT molecular complexity index is 839. The molecule has 136 valence electrons. The van der Waals surface area contributed by atoms with Gasteiger partial charge in [0.2, 0.25) is 5.91 Å². The van der Waals surface area contributed by atoms with Gasteiger partial charge in [-0.25, -0.2) is 0 Å². The van der Waals surface area contributed by atoms with Crippen LogP contribution in [-0.4, -0.2) is 22.8 Å². The average Bonchev–Trinajstić information content (AvgIpc) is 2.57. The number of amides is 2. The molecule has 2 N–H and O–H groups in total. The highest BCUT2D eigenvalue weighted by Crippen LogP contribution is 2.29. The summed E-state index contributed by atoms with van der Waals surface area (Å²) in [5.41, 5.74) is 0.963. The number of anilines is 2. The van der Waals surface area contributed by atoms with E-state index in [1.54, 1.807) is 24.3 Å². The zero-order valence-corrected chi connectivity index (χ0v) is 14.7. The molecule has 0 spiro atoms. The number of non-ortho nitro benzene ring substituents is 1. The third kappa shape index (κ3) is 5.18. The summed E-state index contributed by atoms with van der Waals surface area (Å²) in [4.78, 5) is 33.3. The second kappa shape index (κ2) is 8.30. The van der Waals surface area contributed by atoms with Crippen molar-refractivity contribution in [3.63, 3.8) is 0 Å². The highest BCUT2D eigenvalue weighted by molar-refractivity contribution is 6.32. The number of carbonyl (C=O) groups is 2. The van der Waals surface area contributed by atoms with E-state index in [1.807, 2.05) is 0 Å². The molecule has 0 unspecified atom stereocenters. The van der Waals surface area contributed by atoms with Gasteiger partial charge in [-0.05, 0) is 37.3 Å². The fraction of sp³-hybridized carbons (Fsp3) is 0.176. The fourth-order valence-electron chi connectivity index (χ4n) is 2.03. The monoisotopic (exact) mass is 377 g/mol. The Kier molecular flexibility index (Phi) is 6.13. The Morgan fingerprint density at radius 2 is 1.69 bits per heavy atom. The lowest BCUT2D eigenvalue weighted by molar-refractivity contribution is -0.384. The van der Waals surface area contributed by atoms with Crippen LogP contribution in [0.2, 0.25) is 5.02 Å². The molecule has 0 aliphatic heterocycles. The third-order valence-electron chi connectivity index (χ3n) is 3.27. The maximum Gasteiger partial charge on any atom is 0.271 e. The molecule has 0 aliphatic rings. The molecule has 8 nitrogen and oxygen atoms in total. The number of hydrogen-bond donors (Lipinski definition) is 2. The normalized spacial score (nSPS) is 11.3. The summed E-state index contributed by atoms with van der Waals surface area (Å²) in [5.74, 6) is -0.448. The van der Waals surface area contributed by atoms with Crippen LogP contribution < -0.4 is 15.4 Å². The van der Waals surface area contributed by atoms with Crippen molar-refractivity contribution in [2.75, 3.05) is 10.6 Å². The molecular weight excluding hydrogens is 362 g/mol. The van der Waals surface area contributed by atoms with E-state index in [0.717, 1.165) is 6.07 Å². The van der Waals surface area contributed by atoms with Crippen LogP contribution in [-0.2, 0) is 9.59 Å². The predicted octanol–water partition coefficient (Wildman–Crippen LogP) is 3.61. The minimum absolute atomic E-state index is 0.0403.